The molecule has 0 heterocycles. The van der Waals surface area contributed by atoms with E-state index in [1.165, 1.54) is 42.2 Å². The van der Waals surface area contributed by atoms with E-state index in [2.05, 4.69) is 5.32 Å². The number of alkyl halides is 3. The lowest BCUT2D eigenvalue weighted by Crippen LogP contribution is -2.54. The van der Waals surface area contributed by atoms with Gasteiger partial charge < -0.3 is 10.2 Å². The summed E-state index contributed by atoms with van der Waals surface area (Å²) >= 11 is 0. The van der Waals surface area contributed by atoms with Gasteiger partial charge in [0.1, 0.15) is 12.6 Å². The van der Waals surface area contributed by atoms with Crippen LogP contribution in [-0.2, 0) is 32.3 Å². The number of benzene rings is 3. The van der Waals surface area contributed by atoms with Crippen LogP contribution in [0.5, 0.6) is 0 Å². The molecule has 7 nitrogen and oxygen atoms in total. The summed E-state index contributed by atoms with van der Waals surface area (Å²) in [6.07, 6.45) is -4.74. The number of carbonyl (C=O) groups is 2. The molecule has 0 fully saturated rings. The van der Waals surface area contributed by atoms with Crippen molar-refractivity contribution in [3.8, 4) is 0 Å². The summed E-state index contributed by atoms with van der Waals surface area (Å²) in [6, 6.07) is 17.1. The fraction of sp³-hybridized carbons (Fsp3) is 0.333. The molecule has 0 saturated carbocycles. The van der Waals surface area contributed by atoms with E-state index in [1.54, 1.807) is 39.0 Å². The van der Waals surface area contributed by atoms with Crippen LogP contribution in [0.2, 0.25) is 0 Å². The lowest BCUT2D eigenvalue weighted by molar-refractivity contribution is -0.140. The Morgan fingerprint density at radius 1 is 0.902 bits per heavy atom. The van der Waals surface area contributed by atoms with Gasteiger partial charge in [-0.2, -0.15) is 13.2 Å². The van der Waals surface area contributed by atoms with Gasteiger partial charge in [-0.3, -0.25) is 13.9 Å². The Bertz CT molecular complexity index is 1490. The lowest BCUT2D eigenvalue weighted by atomic mass is 10.1. The number of nitrogens with one attached hydrogen (secondary N) is 1. The second-order valence-electron chi connectivity index (χ2n) is 10.7. The molecule has 0 spiro atoms. The highest BCUT2D eigenvalue weighted by Crippen LogP contribution is 2.33. The van der Waals surface area contributed by atoms with Gasteiger partial charge in [0.15, 0.2) is 0 Å². The highest BCUT2D eigenvalue weighted by molar-refractivity contribution is 7.92. The Morgan fingerprint density at radius 3 is 2.10 bits per heavy atom. The van der Waals surface area contributed by atoms with E-state index in [0.29, 0.717) is 10.4 Å². The van der Waals surface area contributed by atoms with Crippen LogP contribution in [-0.4, -0.2) is 43.3 Å². The molecule has 3 aromatic rings. The molecule has 1 N–H and O–H groups in total. The average molecular weight is 590 g/mol. The Kier molecular flexibility index (Phi) is 9.53. The van der Waals surface area contributed by atoms with E-state index in [4.69, 9.17) is 0 Å². The van der Waals surface area contributed by atoms with Crippen molar-refractivity contribution in [1.82, 2.24) is 10.2 Å². The van der Waals surface area contributed by atoms with Gasteiger partial charge in [0, 0.05) is 12.1 Å². The first-order valence-corrected chi connectivity index (χ1v) is 14.4. The van der Waals surface area contributed by atoms with E-state index in [0.717, 1.165) is 23.3 Å². The van der Waals surface area contributed by atoms with Crippen molar-refractivity contribution >= 4 is 27.5 Å². The van der Waals surface area contributed by atoms with Gasteiger partial charge in [0.25, 0.3) is 10.0 Å². The molecule has 41 heavy (non-hydrogen) atoms. The molecule has 220 valence electrons. The fourth-order valence-corrected chi connectivity index (χ4v) is 5.54. The van der Waals surface area contributed by atoms with Gasteiger partial charge in [-0.1, -0.05) is 48.5 Å². The van der Waals surface area contributed by atoms with Gasteiger partial charge >= 0.3 is 6.18 Å². The Balaban J connectivity index is 2.10. The van der Waals surface area contributed by atoms with Crippen LogP contribution in [0.3, 0.4) is 0 Å². The number of carbonyl (C=O) groups excluding carboxylic acids is 2. The number of anilines is 1. The number of aryl methyl sites for hydroxylation is 1. The minimum atomic E-state index is -4.74. The van der Waals surface area contributed by atoms with Gasteiger partial charge in [0.05, 0.1) is 16.1 Å². The summed E-state index contributed by atoms with van der Waals surface area (Å²) in [5, 5.41) is 2.83. The standard InChI is InChI=1S/C30H34F3N3O4S/c1-21-12-9-10-13-23(21)19-35(22(2)28(38)34-29(3,4)5)27(37)20-36(41(39,40)26-16-7-6-8-17-26)25-15-11-14-24(18-25)30(31,32)33/h6-18,22H,19-20H2,1-5H3,(H,34,38)/t22-/m1/s1. The highest BCUT2D eigenvalue weighted by atomic mass is 32.2. The summed E-state index contributed by atoms with van der Waals surface area (Å²) in [7, 11) is -4.48. The summed E-state index contributed by atoms with van der Waals surface area (Å²) in [4.78, 5) is 28.1. The SMILES string of the molecule is Cc1ccccc1CN(C(=O)CN(c1cccc(C(F)(F)F)c1)S(=O)(=O)c1ccccc1)[C@H](C)C(=O)NC(C)(C)C. The van der Waals surface area contributed by atoms with Crippen LogP contribution in [0.15, 0.2) is 83.8 Å². The molecule has 2 amide bonds. The minimum Gasteiger partial charge on any atom is -0.350 e. The highest BCUT2D eigenvalue weighted by Gasteiger charge is 2.35. The maximum atomic E-state index is 13.9. The van der Waals surface area contributed by atoms with E-state index >= 15 is 0 Å². The van der Waals surface area contributed by atoms with Crippen molar-refractivity contribution in [3.05, 3.63) is 95.6 Å². The molecule has 0 aliphatic heterocycles. The summed E-state index contributed by atoms with van der Waals surface area (Å²) in [6.45, 7) is 7.86. The molecule has 0 radical (unpaired) electrons. The number of sulfonamides is 1. The second-order valence-corrected chi connectivity index (χ2v) is 12.6. The Morgan fingerprint density at radius 2 is 1.51 bits per heavy atom. The predicted octanol–water partition coefficient (Wildman–Crippen LogP) is 5.54. The zero-order chi connectivity index (χ0) is 30.6. The maximum Gasteiger partial charge on any atom is 0.416 e. The molecule has 3 aromatic carbocycles. The largest absolute Gasteiger partial charge is 0.416 e. The lowest BCUT2D eigenvalue weighted by Gasteiger charge is -2.34. The van der Waals surface area contributed by atoms with Crippen LogP contribution in [0.1, 0.15) is 44.4 Å². The van der Waals surface area contributed by atoms with Crippen LogP contribution < -0.4 is 9.62 Å². The Hall–Kier alpha value is -3.86. The summed E-state index contributed by atoms with van der Waals surface area (Å²) in [5.41, 5.74) is -0.429. The molecule has 0 aliphatic rings. The average Bonchev–Trinajstić information content (AvgIpc) is 2.89. The summed E-state index contributed by atoms with van der Waals surface area (Å²) in [5.74, 6) is -1.22. The van der Waals surface area contributed by atoms with Crippen LogP contribution in [0.25, 0.3) is 0 Å². The predicted molar refractivity (Wildman–Crippen MR) is 152 cm³/mol. The number of nitrogens with zero attached hydrogens (tertiary/aromatic N) is 2. The van der Waals surface area contributed by atoms with Crippen molar-refractivity contribution in [1.29, 1.82) is 0 Å². The fourth-order valence-electron chi connectivity index (χ4n) is 4.11. The molecule has 0 saturated heterocycles. The minimum absolute atomic E-state index is 0.0218. The molecule has 1 atom stereocenters. The number of hydrogen-bond acceptors (Lipinski definition) is 4. The molecule has 0 unspecified atom stereocenters. The molecular weight excluding hydrogens is 555 g/mol. The van der Waals surface area contributed by atoms with E-state index in [1.807, 2.05) is 19.1 Å². The number of halogens is 3. The monoisotopic (exact) mass is 589 g/mol. The zero-order valence-corrected chi connectivity index (χ0v) is 24.4. The second kappa shape index (κ2) is 12.3. The van der Waals surface area contributed by atoms with Gasteiger partial charge in [0.2, 0.25) is 11.8 Å². The first-order valence-electron chi connectivity index (χ1n) is 12.9. The van der Waals surface area contributed by atoms with E-state index < -0.39 is 51.7 Å². The molecule has 3 rings (SSSR count). The maximum absolute atomic E-state index is 13.9. The Labute approximate surface area is 239 Å². The van der Waals surface area contributed by atoms with Crippen molar-refractivity contribution in [3.63, 3.8) is 0 Å². The van der Waals surface area contributed by atoms with Crippen LogP contribution in [0, 0.1) is 6.92 Å². The number of hydrogen-bond donors (Lipinski definition) is 1. The molecule has 0 aliphatic carbocycles. The number of amides is 2. The van der Waals surface area contributed by atoms with Crippen molar-refractivity contribution in [2.24, 2.45) is 0 Å². The topological polar surface area (TPSA) is 86.8 Å². The van der Waals surface area contributed by atoms with Crippen LogP contribution >= 0.6 is 0 Å². The van der Waals surface area contributed by atoms with Crippen LogP contribution in [0.4, 0.5) is 18.9 Å². The van der Waals surface area contributed by atoms with Gasteiger partial charge in [-0.25, -0.2) is 8.42 Å². The third-order valence-electron chi connectivity index (χ3n) is 6.34. The quantitative estimate of drug-likeness (QED) is 0.355. The smallest absolute Gasteiger partial charge is 0.350 e. The molecular formula is C30H34F3N3O4S. The van der Waals surface area contributed by atoms with Gasteiger partial charge in [-0.15, -0.1) is 0 Å². The first-order chi connectivity index (χ1) is 19.0. The van der Waals surface area contributed by atoms with Crippen molar-refractivity contribution in [2.75, 3.05) is 10.8 Å². The molecule has 0 aromatic heterocycles. The molecule has 0 bridgehead atoms. The number of rotatable bonds is 9. The van der Waals surface area contributed by atoms with E-state index in [9.17, 15) is 31.2 Å². The summed E-state index contributed by atoms with van der Waals surface area (Å²) < 4.78 is 68.8. The van der Waals surface area contributed by atoms with Crippen molar-refractivity contribution in [2.45, 2.75) is 63.8 Å². The normalized spacial score (nSPS) is 12.9. The molecule has 11 heteroatoms. The third kappa shape index (κ3) is 8.09. The van der Waals surface area contributed by atoms with Crippen molar-refractivity contribution < 1.29 is 31.2 Å². The van der Waals surface area contributed by atoms with E-state index in [-0.39, 0.29) is 17.1 Å². The first kappa shape index (κ1) is 31.7. The van der Waals surface area contributed by atoms with Gasteiger partial charge in [-0.05, 0) is 76.1 Å². The zero-order valence-electron chi connectivity index (χ0n) is 23.6. The third-order valence-corrected chi connectivity index (χ3v) is 8.13.